The molecule has 2 aromatic rings. The average Bonchev–Trinajstić information content (AvgIpc) is 2.96. The summed E-state index contributed by atoms with van der Waals surface area (Å²) in [6.07, 6.45) is 3.70. The third-order valence-corrected chi connectivity index (χ3v) is 3.24. The van der Waals surface area contributed by atoms with Gasteiger partial charge in [-0.15, -0.1) is 0 Å². The lowest BCUT2D eigenvalue weighted by atomic mass is 10.1. The van der Waals surface area contributed by atoms with E-state index in [0.29, 0.717) is 17.1 Å². The van der Waals surface area contributed by atoms with Gasteiger partial charge in [0.2, 0.25) is 0 Å². The van der Waals surface area contributed by atoms with Gasteiger partial charge in [-0.1, -0.05) is 29.8 Å². The molecular formula is C14H16ClN3O2. The minimum atomic E-state index is -1.24. The Morgan fingerprint density at radius 2 is 2.25 bits per heavy atom. The van der Waals surface area contributed by atoms with Gasteiger partial charge in [0.1, 0.15) is 5.82 Å². The van der Waals surface area contributed by atoms with E-state index in [1.165, 1.54) is 0 Å². The van der Waals surface area contributed by atoms with Crippen LogP contribution in [0.3, 0.4) is 0 Å². The van der Waals surface area contributed by atoms with E-state index in [2.05, 4.69) is 15.3 Å². The Morgan fingerprint density at radius 1 is 1.45 bits per heavy atom. The number of aryl methyl sites for hydroxylation is 1. The fourth-order valence-electron chi connectivity index (χ4n) is 1.84. The maximum Gasteiger partial charge on any atom is 0.253 e. The largest absolute Gasteiger partial charge is 0.378 e. The molecule has 0 bridgehead atoms. The van der Waals surface area contributed by atoms with Gasteiger partial charge in [-0.3, -0.25) is 4.79 Å². The fourth-order valence-corrected chi connectivity index (χ4v) is 2.08. The molecule has 0 spiro atoms. The van der Waals surface area contributed by atoms with Gasteiger partial charge in [-0.2, -0.15) is 0 Å². The van der Waals surface area contributed by atoms with Crippen molar-refractivity contribution < 1.29 is 9.90 Å². The van der Waals surface area contributed by atoms with Gasteiger partial charge in [0, 0.05) is 35.9 Å². The number of rotatable bonds is 6. The zero-order valence-electron chi connectivity index (χ0n) is 10.8. The quantitative estimate of drug-likeness (QED) is 0.711. The smallest absolute Gasteiger partial charge is 0.253 e. The van der Waals surface area contributed by atoms with Gasteiger partial charge in [0.25, 0.3) is 5.91 Å². The number of H-pyrrole nitrogens is 1. The van der Waals surface area contributed by atoms with E-state index in [0.717, 1.165) is 18.7 Å². The van der Waals surface area contributed by atoms with Crippen molar-refractivity contribution in [3.05, 3.63) is 53.1 Å². The van der Waals surface area contributed by atoms with Gasteiger partial charge < -0.3 is 15.4 Å². The molecule has 1 aromatic carbocycles. The Bertz CT molecular complexity index is 557. The first-order chi connectivity index (χ1) is 9.68. The lowest BCUT2D eigenvalue weighted by molar-refractivity contribution is -0.129. The van der Waals surface area contributed by atoms with E-state index in [9.17, 15) is 9.90 Å². The molecule has 1 heterocycles. The van der Waals surface area contributed by atoms with Gasteiger partial charge >= 0.3 is 0 Å². The predicted octanol–water partition coefficient (Wildman–Crippen LogP) is 1.85. The normalized spacial score (nSPS) is 12.1. The Kier molecular flexibility index (Phi) is 5.15. The highest BCUT2D eigenvalue weighted by Gasteiger charge is 2.18. The van der Waals surface area contributed by atoms with E-state index < -0.39 is 12.0 Å². The number of nitrogens with zero attached hydrogens (tertiary/aromatic N) is 1. The molecular weight excluding hydrogens is 278 g/mol. The standard InChI is InChI=1S/C14H16ClN3O2/c15-11-5-2-1-4-10(11)13(19)14(20)18-7-3-6-12-16-8-9-17-12/h1-2,4-5,8-9,13,19H,3,6-7H2,(H,16,17)(H,18,20)/t13-/m1/s1. The molecule has 106 valence electrons. The van der Waals surface area contributed by atoms with Crippen molar-refractivity contribution in [3.63, 3.8) is 0 Å². The van der Waals surface area contributed by atoms with Crippen LogP contribution in [-0.2, 0) is 11.2 Å². The summed E-state index contributed by atoms with van der Waals surface area (Å²) < 4.78 is 0. The summed E-state index contributed by atoms with van der Waals surface area (Å²) in [5, 5.41) is 13.0. The molecule has 0 aliphatic carbocycles. The van der Waals surface area contributed by atoms with Gasteiger partial charge in [0.15, 0.2) is 6.10 Å². The Morgan fingerprint density at radius 3 is 2.95 bits per heavy atom. The molecule has 1 atom stereocenters. The molecule has 1 aromatic heterocycles. The summed E-state index contributed by atoms with van der Waals surface area (Å²) in [6.45, 7) is 0.473. The maximum atomic E-state index is 11.8. The number of carbonyl (C=O) groups excluding carboxylic acids is 1. The zero-order chi connectivity index (χ0) is 14.4. The van der Waals surface area contributed by atoms with Crippen LogP contribution in [0.2, 0.25) is 5.02 Å². The molecule has 6 heteroatoms. The van der Waals surface area contributed by atoms with E-state index in [1.807, 2.05) is 0 Å². The molecule has 20 heavy (non-hydrogen) atoms. The topological polar surface area (TPSA) is 78.0 Å². The first-order valence-electron chi connectivity index (χ1n) is 6.37. The molecule has 0 radical (unpaired) electrons. The second kappa shape index (κ2) is 7.07. The number of halogens is 1. The van der Waals surface area contributed by atoms with Crippen LogP contribution >= 0.6 is 11.6 Å². The van der Waals surface area contributed by atoms with Crippen LogP contribution in [0.1, 0.15) is 23.9 Å². The summed E-state index contributed by atoms with van der Waals surface area (Å²) in [4.78, 5) is 18.9. The highest BCUT2D eigenvalue weighted by atomic mass is 35.5. The van der Waals surface area contributed by atoms with Crippen LogP contribution in [0.25, 0.3) is 0 Å². The number of aromatic nitrogens is 2. The molecule has 2 rings (SSSR count). The summed E-state index contributed by atoms with van der Waals surface area (Å²) in [6, 6.07) is 6.76. The number of imidazole rings is 1. The van der Waals surface area contributed by atoms with Crippen LogP contribution in [0.4, 0.5) is 0 Å². The van der Waals surface area contributed by atoms with E-state index in [1.54, 1.807) is 36.7 Å². The lowest BCUT2D eigenvalue weighted by Crippen LogP contribution is -2.30. The third-order valence-electron chi connectivity index (χ3n) is 2.89. The van der Waals surface area contributed by atoms with Crippen LogP contribution in [-0.4, -0.2) is 27.5 Å². The van der Waals surface area contributed by atoms with Crippen molar-refractivity contribution in [2.75, 3.05) is 6.54 Å². The minimum absolute atomic E-state index is 0.380. The van der Waals surface area contributed by atoms with Gasteiger partial charge in [-0.25, -0.2) is 4.98 Å². The van der Waals surface area contributed by atoms with E-state index >= 15 is 0 Å². The maximum absolute atomic E-state index is 11.8. The molecule has 0 saturated carbocycles. The summed E-state index contributed by atoms with van der Waals surface area (Å²) in [5.41, 5.74) is 0.415. The molecule has 0 saturated heterocycles. The number of hydrogen-bond donors (Lipinski definition) is 3. The van der Waals surface area contributed by atoms with E-state index in [4.69, 9.17) is 11.6 Å². The van der Waals surface area contributed by atoms with Crippen LogP contribution in [0.5, 0.6) is 0 Å². The number of benzene rings is 1. The number of amides is 1. The number of nitrogens with one attached hydrogen (secondary N) is 2. The Labute approximate surface area is 122 Å². The fraction of sp³-hybridized carbons (Fsp3) is 0.286. The predicted molar refractivity (Wildman–Crippen MR) is 76.3 cm³/mol. The summed E-state index contributed by atoms with van der Waals surface area (Å²) in [5.74, 6) is 0.434. The second-order valence-electron chi connectivity index (χ2n) is 4.35. The zero-order valence-corrected chi connectivity index (χ0v) is 11.6. The number of hydrogen-bond acceptors (Lipinski definition) is 3. The molecule has 5 nitrogen and oxygen atoms in total. The van der Waals surface area contributed by atoms with Crippen molar-refractivity contribution in [1.29, 1.82) is 0 Å². The Balaban J connectivity index is 1.78. The van der Waals surface area contributed by atoms with Crippen molar-refractivity contribution in [2.45, 2.75) is 18.9 Å². The SMILES string of the molecule is O=C(NCCCc1ncc[nH]1)[C@H](O)c1ccccc1Cl. The van der Waals surface area contributed by atoms with Gasteiger partial charge in [0.05, 0.1) is 0 Å². The third kappa shape index (κ3) is 3.82. The molecule has 0 aliphatic heterocycles. The number of carbonyl (C=O) groups is 1. The highest BCUT2D eigenvalue weighted by Crippen LogP contribution is 2.22. The van der Waals surface area contributed by atoms with Crippen LogP contribution in [0.15, 0.2) is 36.7 Å². The van der Waals surface area contributed by atoms with Crippen molar-refractivity contribution in [2.24, 2.45) is 0 Å². The van der Waals surface area contributed by atoms with Crippen molar-refractivity contribution >= 4 is 17.5 Å². The highest BCUT2D eigenvalue weighted by molar-refractivity contribution is 6.31. The summed E-state index contributed by atoms with van der Waals surface area (Å²) >= 11 is 5.94. The lowest BCUT2D eigenvalue weighted by Gasteiger charge is -2.12. The first kappa shape index (κ1) is 14.6. The summed E-state index contributed by atoms with van der Waals surface area (Å²) in [7, 11) is 0. The first-order valence-corrected chi connectivity index (χ1v) is 6.74. The van der Waals surface area contributed by atoms with E-state index in [-0.39, 0.29) is 0 Å². The second-order valence-corrected chi connectivity index (χ2v) is 4.76. The number of aromatic amines is 1. The Hall–Kier alpha value is -1.85. The van der Waals surface area contributed by atoms with Crippen molar-refractivity contribution in [1.82, 2.24) is 15.3 Å². The van der Waals surface area contributed by atoms with Crippen LogP contribution in [0, 0.1) is 0 Å². The monoisotopic (exact) mass is 293 g/mol. The minimum Gasteiger partial charge on any atom is -0.378 e. The molecule has 1 amide bonds. The average molecular weight is 294 g/mol. The van der Waals surface area contributed by atoms with Crippen molar-refractivity contribution in [3.8, 4) is 0 Å². The molecule has 0 aliphatic rings. The number of aliphatic hydroxyl groups is 1. The van der Waals surface area contributed by atoms with Crippen LogP contribution < -0.4 is 5.32 Å². The number of aliphatic hydroxyl groups excluding tert-OH is 1. The molecule has 0 unspecified atom stereocenters. The van der Waals surface area contributed by atoms with Gasteiger partial charge in [-0.05, 0) is 12.5 Å². The molecule has 3 N–H and O–H groups in total. The molecule has 0 fully saturated rings.